The van der Waals surface area contributed by atoms with Crippen LogP contribution in [0.15, 0.2) is 51.7 Å². The van der Waals surface area contributed by atoms with Crippen molar-refractivity contribution in [2.45, 2.75) is 25.4 Å². The molecule has 0 fully saturated rings. The number of oxazole rings is 1. The van der Waals surface area contributed by atoms with Gasteiger partial charge in [-0.1, -0.05) is 12.1 Å². The van der Waals surface area contributed by atoms with Crippen LogP contribution in [0.4, 0.5) is 10.1 Å². The van der Waals surface area contributed by atoms with E-state index in [1.54, 1.807) is 12.1 Å². The molecular formula is C21H23FN4O5. The summed E-state index contributed by atoms with van der Waals surface area (Å²) in [6.45, 7) is 0.599. The van der Waals surface area contributed by atoms with E-state index in [4.69, 9.17) is 4.42 Å². The van der Waals surface area contributed by atoms with Crippen molar-refractivity contribution < 1.29 is 18.5 Å². The maximum atomic E-state index is 13.2. The Balaban J connectivity index is 1.56. The van der Waals surface area contributed by atoms with Crippen molar-refractivity contribution >= 4 is 22.7 Å². The Kier molecular flexibility index (Phi) is 6.81. The Morgan fingerprint density at radius 3 is 2.61 bits per heavy atom. The van der Waals surface area contributed by atoms with Gasteiger partial charge in [0.2, 0.25) is 5.91 Å². The molecule has 0 bridgehead atoms. The topological polar surface area (TPSA) is 111 Å². The molecule has 3 rings (SSSR count). The van der Waals surface area contributed by atoms with E-state index in [1.807, 2.05) is 19.0 Å². The number of benzene rings is 2. The summed E-state index contributed by atoms with van der Waals surface area (Å²) < 4.78 is 19.6. The summed E-state index contributed by atoms with van der Waals surface area (Å²) in [5.74, 6) is -1.12. The van der Waals surface area contributed by atoms with Gasteiger partial charge in [0.05, 0.1) is 22.5 Å². The van der Waals surface area contributed by atoms with Crippen molar-refractivity contribution in [3.63, 3.8) is 0 Å². The Labute approximate surface area is 177 Å². The molecule has 1 N–H and O–H groups in total. The summed E-state index contributed by atoms with van der Waals surface area (Å²) in [4.78, 5) is 36.6. The molecule has 2 aromatic carbocycles. The number of aryl methyl sites for hydroxylation is 1. The molecule has 0 radical (unpaired) electrons. The number of halogens is 1. The van der Waals surface area contributed by atoms with Crippen LogP contribution in [0.1, 0.15) is 24.4 Å². The number of likely N-dealkylation sites (N-methyl/N-ethyl adjacent to an activating group) is 1. The molecule has 9 nitrogen and oxygen atoms in total. The molecule has 0 aliphatic rings. The summed E-state index contributed by atoms with van der Waals surface area (Å²) in [7, 11) is 3.75. The molecule has 0 aliphatic heterocycles. The zero-order chi connectivity index (χ0) is 22.5. The van der Waals surface area contributed by atoms with Gasteiger partial charge in [-0.25, -0.2) is 9.18 Å². The standard InChI is InChI=1S/C21H23FN4O5/c1-24(2)18(14-5-7-15(22)8-6-14)13-23-20(27)4-3-11-25-17-10-9-16(26(29)30)12-19(17)31-21(25)28/h5-10,12,18H,3-4,11,13H2,1-2H3,(H,23,27). The number of nitro benzene ring substituents is 1. The first-order valence-corrected chi connectivity index (χ1v) is 9.72. The van der Waals surface area contributed by atoms with E-state index in [9.17, 15) is 24.1 Å². The zero-order valence-electron chi connectivity index (χ0n) is 17.2. The minimum absolute atomic E-state index is 0.110. The summed E-state index contributed by atoms with van der Waals surface area (Å²) in [5.41, 5.74) is 1.30. The molecule has 3 aromatic rings. The SMILES string of the molecule is CN(C)C(CNC(=O)CCCn1c(=O)oc2cc([N+](=O)[O-])ccc21)c1ccc(F)cc1. The third-order valence-corrected chi connectivity index (χ3v) is 5.02. The fourth-order valence-corrected chi connectivity index (χ4v) is 3.36. The zero-order valence-corrected chi connectivity index (χ0v) is 17.2. The van der Waals surface area contributed by atoms with Gasteiger partial charge in [-0.2, -0.15) is 0 Å². The highest BCUT2D eigenvalue weighted by Crippen LogP contribution is 2.20. The van der Waals surface area contributed by atoms with E-state index in [0.717, 1.165) is 5.56 Å². The number of nitrogens with one attached hydrogen (secondary N) is 1. The Bertz CT molecular complexity index is 1140. The number of fused-ring (bicyclic) bond motifs is 1. The molecule has 0 aliphatic carbocycles. The number of hydrogen-bond acceptors (Lipinski definition) is 6. The molecule has 1 unspecified atom stereocenters. The van der Waals surface area contributed by atoms with Crippen molar-refractivity contribution in [1.29, 1.82) is 0 Å². The van der Waals surface area contributed by atoms with Crippen molar-refractivity contribution in [2.75, 3.05) is 20.6 Å². The van der Waals surface area contributed by atoms with Crippen LogP contribution in [0.2, 0.25) is 0 Å². The van der Waals surface area contributed by atoms with E-state index in [2.05, 4.69) is 5.32 Å². The van der Waals surface area contributed by atoms with E-state index in [0.29, 0.717) is 18.5 Å². The Morgan fingerprint density at radius 2 is 1.97 bits per heavy atom. The minimum Gasteiger partial charge on any atom is -0.407 e. The molecule has 31 heavy (non-hydrogen) atoms. The molecule has 1 aromatic heterocycles. The molecule has 1 amide bonds. The highest BCUT2D eigenvalue weighted by molar-refractivity contribution is 5.76. The van der Waals surface area contributed by atoms with Gasteiger partial charge in [0.25, 0.3) is 5.69 Å². The monoisotopic (exact) mass is 430 g/mol. The molecular weight excluding hydrogens is 407 g/mol. The van der Waals surface area contributed by atoms with E-state index in [-0.39, 0.29) is 42.0 Å². The van der Waals surface area contributed by atoms with Crippen molar-refractivity contribution in [3.8, 4) is 0 Å². The van der Waals surface area contributed by atoms with Crippen LogP contribution in [0.25, 0.3) is 11.1 Å². The second-order valence-corrected chi connectivity index (χ2v) is 7.37. The lowest BCUT2D eigenvalue weighted by atomic mass is 10.1. The predicted molar refractivity (Wildman–Crippen MR) is 112 cm³/mol. The molecule has 1 heterocycles. The number of nitro groups is 1. The lowest BCUT2D eigenvalue weighted by molar-refractivity contribution is -0.384. The molecule has 0 saturated carbocycles. The average molecular weight is 430 g/mol. The maximum absolute atomic E-state index is 13.2. The highest BCUT2D eigenvalue weighted by Gasteiger charge is 2.17. The van der Waals surface area contributed by atoms with Crippen molar-refractivity contribution in [2.24, 2.45) is 0 Å². The van der Waals surface area contributed by atoms with Gasteiger partial charge in [0, 0.05) is 25.6 Å². The second-order valence-electron chi connectivity index (χ2n) is 7.37. The first-order chi connectivity index (χ1) is 14.8. The summed E-state index contributed by atoms with van der Waals surface area (Å²) in [6, 6.07) is 10.0. The van der Waals surface area contributed by atoms with Gasteiger partial charge in [-0.05, 0) is 44.3 Å². The lowest BCUT2D eigenvalue weighted by Gasteiger charge is -2.25. The van der Waals surface area contributed by atoms with Crippen LogP contribution < -0.4 is 11.1 Å². The number of aromatic nitrogens is 1. The number of carbonyl (C=O) groups is 1. The van der Waals surface area contributed by atoms with E-state index in [1.165, 1.54) is 34.9 Å². The number of rotatable bonds is 9. The number of carbonyl (C=O) groups excluding carboxylic acids is 1. The first-order valence-electron chi connectivity index (χ1n) is 9.72. The fraction of sp³-hybridized carbons (Fsp3) is 0.333. The van der Waals surface area contributed by atoms with Crippen LogP contribution in [0.3, 0.4) is 0 Å². The van der Waals surface area contributed by atoms with Gasteiger partial charge in [-0.3, -0.25) is 19.5 Å². The first kappa shape index (κ1) is 22.2. The van der Waals surface area contributed by atoms with Crippen LogP contribution in [-0.4, -0.2) is 40.9 Å². The van der Waals surface area contributed by atoms with Gasteiger partial charge in [0.15, 0.2) is 5.58 Å². The quantitative estimate of drug-likeness (QED) is 0.413. The fourth-order valence-electron chi connectivity index (χ4n) is 3.36. The molecule has 10 heteroatoms. The summed E-state index contributed by atoms with van der Waals surface area (Å²) in [6.07, 6.45) is 0.580. The minimum atomic E-state index is -0.625. The normalized spacial score (nSPS) is 12.3. The number of amides is 1. The van der Waals surface area contributed by atoms with Crippen LogP contribution >= 0.6 is 0 Å². The Hall–Kier alpha value is -3.53. The molecule has 164 valence electrons. The third kappa shape index (κ3) is 5.34. The molecule has 1 atom stereocenters. The maximum Gasteiger partial charge on any atom is 0.419 e. The Morgan fingerprint density at radius 1 is 1.26 bits per heavy atom. The predicted octanol–water partition coefficient (Wildman–Crippen LogP) is 2.84. The van der Waals surface area contributed by atoms with Gasteiger partial charge < -0.3 is 14.6 Å². The largest absolute Gasteiger partial charge is 0.419 e. The molecule has 0 spiro atoms. The number of nitrogens with zero attached hydrogens (tertiary/aromatic N) is 3. The lowest BCUT2D eigenvalue weighted by Crippen LogP contribution is -2.34. The smallest absolute Gasteiger partial charge is 0.407 e. The number of non-ortho nitro benzene ring substituents is 1. The van der Waals surface area contributed by atoms with Crippen molar-refractivity contribution in [1.82, 2.24) is 14.8 Å². The van der Waals surface area contributed by atoms with Crippen LogP contribution in [0, 0.1) is 15.9 Å². The van der Waals surface area contributed by atoms with Crippen LogP contribution in [0.5, 0.6) is 0 Å². The van der Waals surface area contributed by atoms with Gasteiger partial charge in [-0.15, -0.1) is 0 Å². The second kappa shape index (κ2) is 9.52. The van der Waals surface area contributed by atoms with Gasteiger partial charge in [0.1, 0.15) is 5.82 Å². The van der Waals surface area contributed by atoms with Crippen molar-refractivity contribution in [3.05, 3.63) is 74.5 Å². The van der Waals surface area contributed by atoms with Gasteiger partial charge >= 0.3 is 5.76 Å². The summed E-state index contributed by atoms with van der Waals surface area (Å²) in [5, 5.41) is 13.7. The van der Waals surface area contributed by atoms with Crippen LogP contribution in [-0.2, 0) is 11.3 Å². The molecule has 0 saturated heterocycles. The summed E-state index contributed by atoms with van der Waals surface area (Å²) >= 11 is 0. The van der Waals surface area contributed by atoms with E-state index >= 15 is 0 Å². The average Bonchev–Trinajstić information content (AvgIpc) is 3.03. The third-order valence-electron chi connectivity index (χ3n) is 5.02. The number of hydrogen-bond donors (Lipinski definition) is 1. The highest BCUT2D eigenvalue weighted by atomic mass is 19.1. The van der Waals surface area contributed by atoms with E-state index < -0.39 is 10.7 Å².